The van der Waals surface area contributed by atoms with Gasteiger partial charge in [0.1, 0.15) is 0 Å². The minimum atomic E-state index is -1.43. The predicted molar refractivity (Wildman–Crippen MR) is 142 cm³/mol. The molecule has 2 unspecified atom stereocenters. The van der Waals surface area contributed by atoms with Gasteiger partial charge in [-0.3, -0.25) is 0 Å². The fraction of sp³-hybridized carbons (Fsp3) is 1.00. The molecule has 0 radical (unpaired) electrons. The van der Waals surface area contributed by atoms with Crippen molar-refractivity contribution in [3.8, 4) is 0 Å². The summed E-state index contributed by atoms with van der Waals surface area (Å²) in [5, 5.41) is 0. The van der Waals surface area contributed by atoms with Crippen LogP contribution in [0.3, 0.4) is 0 Å². The molecule has 0 saturated heterocycles. The van der Waals surface area contributed by atoms with E-state index in [1.807, 2.05) is 7.11 Å². The van der Waals surface area contributed by atoms with E-state index in [2.05, 4.69) is 33.9 Å². The summed E-state index contributed by atoms with van der Waals surface area (Å²) < 4.78 is 5.67. The fourth-order valence-electron chi connectivity index (χ4n) is 4.15. The lowest BCUT2D eigenvalue weighted by Crippen LogP contribution is -2.31. The van der Waals surface area contributed by atoms with E-state index in [-0.39, 0.29) is 11.0 Å². The first-order chi connectivity index (χ1) is 13.7. The van der Waals surface area contributed by atoms with E-state index in [4.69, 9.17) is 16.0 Å². The van der Waals surface area contributed by atoms with Crippen LogP contribution in [0, 0.1) is 5.92 Å². The molecule has 30 heavy (non-hydrogen) atoms. The number of alkyl halides is 1. The normalized spacial score (nSPS) is 14.9. The molecule has 0 aliphatic heterocycles. The molecule has 0 aromatic heterocycles. The molecule has 0 saturated carbocycles. The standard InChI is InChI=1S/C26H55ClOSi.H3N/c1-7-8-9-10-11-12-13-14-15-16-17-18-19-20-22-25(2)26(3,27)23-21-24-29(5,6)28-4;/h25H,7-24H2,1-6H3;1H3. The first-order valence-electron chi connectivity index (χ1n) is 13.0. The summed E-state index contributed by atoms with van der Waals surface area (Å²) in [6.07, 6.45) is 23.6. The first kappa shape index (κ1) is 32.6. The van der Waals surface area contributed by atoms with Crippen LogP contribution in [0.2, 0.25) is 19.1 Å². The van der Waals surface area contributed by atoms with Crippen LogP contribution in [0.4, 0.5) is 0 Å². The summed E-state index contributed by atoms with van der Waals surface area (Å²) in [6.45, 7) is 11.5. The van der Waals surface area contributed by atoms with Gasteiger partial charge in [0.05, 0.1) is 0 Å². The van der Waals surface area contributed by atoms with Crippen LogP contribution in [-0.2, 0) is 4.43 Å². The summed E-state index contributed by atoms with van der Waals surface area (Å²) in [5.41, 5.74) is 0. The molecule has 2 atom stereocenters. The Labute approximate surface area is 197 Å². The number of hydrogen-bond acceptors (Lipinski definition) is 2. The predicted octanol–water partition coefficient (Wildman–Crippen LogP) is 10.3. The third-order valence-corrected chi connectivity index (χ3v) is 10.2. The minimum absolute atomic E-state index is 0. The van der Waals surface area contributed by atoms with Gasteiger partial charge in [-0.1, -0.05) is 110 Å². The summed E-state index contributed by atoms with van der Waals surface area (Å²) in [5.74, 6) is 0.605. The van der Waals surface area contributed by atoms with Crippen LogP contribution in [-0.4, -0.2) is 20.3 Å². The molecule has 3 N–H and O–H groups in total. The van der Waals surface area contributed by atoms with Gasteiger partial charge >= 0.3 is 0 Å². The monoisotopic (exact) mass is 463 g/mol. The van der Waals surface area contributed by atoms with Gasteiger partial charge in [0.25, 0.3) is 0 Å². The Morgan fingerprint density at radius 2 is 1.17 bits per heavy atom. The molecule has 0 aliphatic rings. The summed E-state index contributed by atoms with van der Waals surface area (Å²) >= 11 is 6.89. The lowest BCUT2D eigenvalue weighted by molar-refractivity contribution is 0.353. The van der Waals surface area contributed by atoms with E-state index < -0.39 is 8.32 Å². The van der Waals surface area contributed by atoms with Crippen molar-refractivity contribution in [3.63, 3.8) is 0 Å². The van der Waals surface area contributed by atoms with Crippen molar-refractivity contribution in [3.05, 3.63) is 0 Å². The molecule has 0 heterocycles. The molecule has 2 nitrogen and oxygen atoms in total. The smallest absolute Gasteiger partial charge is 0.186 e. The average molecular weight is 464 g/mol. The second-order valence-corrected chi connectivity index (χ2v) is 15.7. The van der Waals surface area contributed by atoms with Crippen molar-refractivity contribution < 1.29 is 4.43 Å². The van der Waals surface area contributed by atoms with Crippen molar-refractivity contribution in [2.75, 3.05) is 7.11 Å². The van der Waals surface area contributed by atoms with Crippen LogP contribution in [0.1, 0.15) is 130 Å². The number of rotatable bonds is 21. The molecule has 0 fully saturated rings. The Hall–Kier alpha value is 0.427. The second-order valence-electron chi connectivity index (χ2n) is 10.4. The second kappa shape index (κ2) is 20.1. The molecular formula is C26H58ClNOSi. The zero-order valence-electron chi connectivity index (χ0n) is 21.8. The highest BCUT2D eigenvalue weighted by molar-refractivity contribution is 6.71. The Morgan fingerprint density at radius 3 is 1.57 bits per heavy atom. The SMILES string of the molecule is CCCCCCCCCCCCCCCCC(C)C(C)(Cl)CCC[Si](C)(C)OC.N. The van der Waals surface area contributed by atoms with Gasteiger partial charge in [-0.2, -0.15) is 0 Å². The molecule has 4 heteroatoms. The number of hydrogen-bond donors (Lipinski definition) is 1. The third kappa shape index (κ3) is 19.1. The zero-order valence-corrected chi connectivity index (χ0v) is 23.6. The summed E-state index contributed by atoms with van der Waals surface area (Å²) in [7, 11) is 0.433. The molecule has 0 aromatic rings. The van der Waals surface area contributed by atoms with Gasteiger partial charge in [-0.15, -0.1) is 11.6 Å². The van der Waals surface area contributed by atoms with Crippen LogP contribution in [0.25, 0.3) is 0 Å². The van der Waals surface area contributed by atoms with Gasteiger partial charge < -0.3 is 10.6 Å². The lowest BCUT2D eigenvalue weighted by atomic mass is 9.86. The van der Waals surface area contributed by atoms with E-state index in [1.165, 1.54) is 109 Å². The Balaban J connectivity index is 0. The molecule has 184 valence electrons. The van der Waals surface area contributed by atoms with Crippen molar-refractivity contribution >= 4 is 19.9 Å². The highest BCUT2D eigenvalue weighted by atomic mass is 35.5. The van der Waals surface area contributed by atoms with Crippen molar-refractivity contribution in [2.24, 2.45) is 5.92 Å². The summed E-state index contributed by atoms with van der Waals surface area (Å²) in [6, 6.07) is 1.22. The number of unbranched alkanes of at least 4 members (excludes halogenated alkanes) is 13. The Kier molecular flexibility index (Phi) is 21.8. The van der Waals surface area contributed by atoms with E-state index in [0.29, 0.717) is 5.92 Å². The maximum atomic E-state index is 6.89. The van der Waals surface area contributed by atoms with Crippen LogP contribution >= 0.6 is 11.6 Å². The molecule has 0 bridgehead atoms. The highest BCUT2D eigenvalue weighted by Crippen LogP contribution is 2.35. The third-order valence-electron chi connectivity index (χ3n) is 7.02. The van der Waals surface area contributed by atoms with Gasteiger partial charge in [0.15, 0.2) is 8.32 Å². The zero-order chi connectivity index (χ0) is 22.0. The van der Waals surface area contributed by atoms with Crippen LogP contribution < -0.4 is 6.15 Å². The Bertz CT molecular complexity index is 363. The molecule has 0 amide bonds. The van der Waals surface area contributed by atoms with Gasteiger partial charge in [-0.25, -0.2) is 0 Å². The maximum Gasteiger partial charge on any atom is 0.186 e. The lowest BCUT2D eigenvalue weighted by Gasteiger charge is -2.31. The quantitative estimate of drug-likeness (QED) is 0.104. The van der Waals surface area contributed by atoms with E-state index in [0.717, 1.165) is 6.42 Å². The van der Waals surface area contributed by atoms with E-state index in [9.17, 15) is 0 Å². The average Bonchev–Trinajstić information content (AvgIpc) is 2.67. The molecule has 0 rings (SSSR count). The van der Waals surface area contributed by atoms with Crippen molar-refractivity contribution in [2.45, 2.75) is 154 Å². The number of halogens is 1. The van der Waals surface area contributed by atoms with Crippen LogP contribution in [0.15, 0.2) is 0 Å². The highest BCUT2D eigenvalue weighted by Gasteiger charge is 2.29. The Morgan fingerprint density at radius 1 is 0.767 bits per heavy atom. The van der Waals surface area contributed by atoms with Gasteiger partial charge in [-0.05, 0) is 44.8 Å². The molecule has 0 spiro atoms. The maximum absolute atomic E-state index is 6.89. The van der Waals surface area contributed by atoms with Gasteiger partial charge in [0.2, 0.25) is 0 Å². The largest absolute Gasteiger partial charge is 0.420 e. The topological polar surface area (TPSA) is 44.2 Å². The minimum Gasteiger partial charge on any atom is -0.420 e. The molecule has 0 aromatic carbocycles. The van der Waals surface area contributed by atoms with Gasteiger partial charge in [0, 0.05) is 12.0 Å². The fourth-order valence-corrected chi connectivity index (χ4v) is 5.63. The van der Waals surface area contributed by atoms with Crippen LogP contribution in [0.5, 0.6) is 0 Å². The summed E-state index contributed by atoms with van der Waals surface area (Å²) in [4.78, 5) is -0.0469. The van der Waals surface area contributed by atoms with Crippen molar-refractivity contribution in [1.29, 1.82) is 0 Å². The van der Waals surface area contributed by atoms with Crippen molar-refractivity contribution in [1.82, 2.24) is 6.15 Å². The molecule has 0 aliphatic carbocycles. The first-order valence-corrected chi connectivity index (χ1v) is 16.5. The molecular weight excluding hydrogens is 406 g/mol. The van der Waals surface area contributed by atoms with E-state index in [1.54, 1.807) is 0 Å². The van der Waals surface area contributed by atoms with E-state index >= 15 is 0 Å².